The molecular formula is C32H38N2O8. The monoisotopic (exact) mass is 578 g/mol. The summed E-state index contributed by atoms with van der Waals surface area (Å²) in [5.74, 6) is 2.45. The largest absolute Gasteiger partial charge is 0.493 e. The van der Waals surface area contributed by atoms with Gasteiger partial charge in [0.25, 0.3) is 5.91 Å². The maximum atomic E-state index is 12.5. The van der Waals surface area contributed by atoms with Gasteiger partial charge in [0, 0.05) is 30.1 Å². The molecule has 0 spiro atoms. The molecule has 0 radical (unpaired) electrons. The lowest BCUT2D eigenvalue weighted by molar-refractivity contribution is -0.0204. The van der Waals surface area contributed by atoms with Crippen molar-refractivity contribution in [3.63, 3.8) is 0 Å². The van der Waals surface area contributed by atoms with Crippen LogP contribution in [0.4, 0.5) is 0 Å². The van der Waals surface area contributed by atoms with Crippen molar-refractivity contribution < 1.29 is 38.4 Å². The molecule has 1 aliphatic rings. The number of amides is 1. The first kappa shape index (κ1) is 30.7. The quantitative estimate of drug-likeness (QED) is 0.201. The standard InChI is InChI=1S/C32H38N2O8/c1-6-13-41-30-21(10-8-12-34(36)32(35)22-9-7-11-33-19-22)14-23(15-27(30)37-2)25-18-26(42-20-25)24-16-28(38-3)31(40-5)29(17-24)39-4/h7-9,11-12,14-17,19,25-26,36H,6,10,13,18,20H2,1-5H3/b12-8+. The van der Waals surface area contributed by atoms with E-state index in [4.69, 9.17) is 28.4 Å². The van der Waals surface area contributed by atoms with E-state index in [9.17, 15) is 10.0 Å². The zero-order chi connectivity index (χ0) is 30.1. The molecule has 224 valence electrons. The number of carbonyl (C=O) groups excluding carboxylic acids is 1. The Bertz CT molecular complexity index is 1350. The molecule has 1 aromatic heterocycles. The van der Waals surface area contributed by atoms with Gasteiger partial charge in [-0.2, -0.15) is 5.06 Å². The maximum Gasteiger partial charge on any atom is 0.282 e. The number of benzene rings is 2. The molecule has 2 heterocycles. The highest BCUT2D eigenvalue weighted by atomic mass is 16.5. The van der Waals surface area contributed by atoms with Crippen LogP contribution in [0, 0.1) is 0 Å². The lowest BCUT2D eigenvalue weighted by Crippen LogP contribution is -2.21. The van der Waals surface area contributed by atoms with E-state index in [1.807, 2.05) is 25.1 Å². The summed E-state index contributed by atoms with van der Waals surface area (Å²) in [4.78, 5) is 16.4. The normalized spacial score (nSPS) is 16.3. The van der Waals surface area contributed by atoms with Crippen LogP contribution in [0.1, 0.15) is 58.8 Å². The van der Waals surface area contributed by atoms with Crippen LogP contribution < -0.4 is 23.7 Å². The van der Waals surface area contributed by atoms with Crippen LogP contribution in [0.3, 0.4) is 0 Å². The summed E-state index contributed by atoms with van der Waals surface area (Å²) in [5.41, 5.74) is 3.13. The third kappa shape index (κ3) is 6.95. The minimum Gasteiger partial charge on any atom is -0.493 e. The van der Waals surface area contributed by atoms with Gasteiger partial charge in [-0.15, -0.1) is 0 Å². The molecule has 10 heteroatoms. The highest BCUT2D eigenvalue weighted by molar-refractivity contribution is 5.93. The number of rotatable bonds is 13. The van der Waals surface area contributed by atoms with E-state index in [2.05, 4.69) is 11.1 Å². The SMILES string of the molecule is CCCOc1c(C/C=C/N(O)C(=O)c2cccnc2)cc(C2COC(c3cc(OC)c(OC)c(OC)c3)C2)cc1OC. The minimum atomic E-state index is -0.575. The van der Waals surface area contributed by atoms with Crippen LogP contribution in [0.5, 0.6) is 28.7 Å². The summed E-state index contributed by atoms with van der Waals surface area (Å²) in [6.45, 7) is 3.07. The predicted molar refractivity (Wildman–Crippen MR) is 156 cm³/mol. The molecule has 1 saturated heterocycles. The van der Waals surface area contributed by atoms with Gasteiger partial charge in [0.2, 0.25) is 5.75 Å². The number of hydrogen-bond donors (Lipinski definition) is 1. The van der Waals surface area contributed by atoms with Gasteiger partial charge in [-0.3, -0.25) is 15.0 Å². The summed E-state index contributed by atoms with van der Waals surface area (Å²) >= 11 is 0. The lowest BCUT2D eigenvalue weighted by Gasteiger charge is -2.19. The van der Waals surface area contributed by atoms with Gasteiger partial charge in [-0.25, -0.2) is 0 Å². The van der Waals surface area contributed by atoms with Crippen molar-refractivity contribution >= 4 is 5.91 Å². The number of carbonyl (C=O) groups is 1. The summed E-state index contributed by atoms with van der Waals surface area (Å²) in [7, 11) is 6.37. The number of hydrogen-bond acceptors (Lipinski definition) is 9. The number of ether oxygens (including phenoxy) is 6. The fraction of sp³-hybridized carbons (Fsp3) is 0.375. The molecular weight excluding hydrogens is 540 g/mol. The topological polar surface area (TPSA) is 109 Å². The second-order valence-electron chi connectivity index (χ2n) is 9.75. The number of allylic oxidation sites excluding steroid dienone is 1. The van der Waals surface area contributed by atoms with Crippen molar-refractivity contribution in [2.45, 2.75) is 38.2 Å². The van der Waals surface area contributed by atoms with Gasteiger partial charge in [-0.05, 0) is 60.7 Å². The maximum absolute atomic E-state index is 12.5. The summed E-state index contributed by atoms with van der Waals surface area (Å²) in [5, 5.41) is 10.9. The molecule has 42 heavy (non-hydrogen) atoms. The first-order valence-electron chi connectivity index (χ1n) is 13.8. The Morgan fingerprint density at radius 2 is 1.71 bits per heavy atom. The van der Waals surface area contributed by atoms with E-state index in [1.165, 1.54) is 12.4 Å². The van der Waals surface area contributed by atoms with Gasteiger partial charge in [0.05, 0.1) is 53.3 Å². The van der Waals surface area contributed by atoms with E-state index in [0.29, 0.717) is 53.4 Å². The van der Waals surface area contributed by atoms with Gasteiger partial charge in [-0.1, -0.05) is 19.1 Å². The van der Waals surface area contributed by atoms with E-state index in [1.54, 1.807) is 52.8 Å². The molecule has 0 saturated carbocycles. The molecule has 1 aliphatic heterocycles. The molecule has 2 atom stereocenters. The smallest absolute Gasteiger partial charge is 0.282 e. The Kier molecular flexibility index (Phi) is 10.6. The second-order valence-corrected chi connectivity index (χ2v) is 9.75. The predicted octanol–water partition coefficient (Wildman–Crippen LogP) is 5.74. The molecule has 2 unspecified atom stereocenters. The Labute approximate surface area is 246 Å². The van der Waals surface area contributed by atoms with Crippen LogP contribution in [0.15, 0.2) is 61.1 Å². The number of pyridine rings is 1. The molecule has 3 aromatic rings. The first-order chi connectivity index (χ1) is 20.4. The van der Waals surface area contributed by atoms with Gasteiger partial charge in [0.1, 0.15) is 0 Å². The van der Waals surface area contributed by atoms with Gasteiger partial charge in [0.15, 0.2) is 23.0 Å². The highest BCUT2D eigenvalue weighted by Crippen LogP contribution is 2.46. The van der Waals surface area contributed by atoms with Crippen molar-refractivity contribution in [1.82, 2.24) is 10.0 Å². The number of methoxy groups -OCH3 is 4. The van der Waals surface area contributed by atoms with Crippen LogP contribution in [0.25, 0.3) is 0 Å². The molecule has 1 fully saturated rings. The molecule has 2 aromatic carbocycles. The first-order valence-corrected chi connectivity index (χ1v) is 13.8. The van der Waals surface area contributed by atoms with Crippen LogP contribution >= 0.6 is 0 Å². The average Bonchev–Trinajstić information content (AvgIpc) is 3.53. The van der Waals surface area contributed by atoms with Crippen molar-refractivity contribution in [2.75, 3.05) is 41.7 Å². The fourth-order valence-corrected chi connectivity index (χ4v) is 4.94. The Morgan fingerprint density at radius 3 is 2.33 bits per heavy atom. The van der Waals surface area contributed by atoms with Crippen molar-refractivity contribution in [3.8, 4) is 28.7 Å². The average molecular weight is 579 g/mol. The number of nitrogens with zero attached hydrogens (tertiary/aromatic N) is 2. The van der Waals surface area contributed by atoms with Crippen molar-refractivity contribution in [3.05, 3.63) is 83.3 Å². The van der Waals surface area contributed by atoms with E-state index in [0.717, 1.165) is 29.5 Å². The zero-order valence-corrected chi connectivity index (χ0v) is 24.7. The van der Waals surface area contributed by atoms with Crippen molar-refractivity contribution in [1.29, 1.82) is 0 Å². The Hall–Kier alpha value is -4.28. The van der Waals surface area contributed by atoms with Crippen molar-refractivity contribution in [2.24, 2.45) is 0 Å². The second kappa shape index (κ2) is 14.6. The third-order valence-corrected chi connectivity index (χ3v) is 7.05. The molecule has 1 N–H and O–H groups in total. The Morgan fingerprint density at radius 1 is 1.02 bits per heavy atom. The fourth-order valence-electron chi connectivity index (χ4n) is 4.94. The summed E-state index contributed by atoms with van der Waals surface area (Å²) in [6, 6.07) is 11.1. The zero-order valence-electron chi connectivity index (χ0n) is 24.7. The highest BCUT2D eigenvalue weighted by Gasteiger charge is 2.31. The van der Waals surface area contributed by atoms with E-state index >= 15 is 0 Å². The summed E-state index contributed by atoms with van der Waals surface area (Å²) in [6.07, 6.45) is 7.79. The van der Waals surface area contributed by atoms with Gasteiger partial charge < -0.3 is 28.4 Å². The number of aromatic nitrogens is 1. The summed E-state index contributed by atoms with van der Waals surface area (Å²) < 4.78 is 34.6. The third-order valence-electron chi connectivity index (χ3n) is 7.05. The van der Waals surface area contributed by atoms with E-state index < -0.39 is 5.91 Å². The molecule has 0 bridgehead atoms. The lowest BCUT2D eigenvalue weighted by atomic mass is 9.91. The van der Waals surface area contributed by atoms with Crippen LogP contribution in [-0.4, -0.2) is 62.8 Å². The van der Waals surface area contributed by atoms with Crippen LogP contribution in [-0.2, 0) is 11.2 Å². The van der Waals surface area contributed by atoms with E-state index in [-0.39, 0.29) is 17.6 Å². The number of hydroxylamine groups is 2. The molecule has 10 nitrogen and oxygen atoms in total. The van der Waals surface area contributed by atoms with Gasteiger partial charge >= 0.3 is 0 Å². The molecule has 0 aliphatic carbocycles. The molecule has 1 amide bonds. The molecule has 4 rings (SSSR count). The Balaban J connectivity index is 1.57. The van der Waals surface area contributed by atoms with Crippen LogP contribution in [0.2, 0.25) is 0 Å². The minimum absolute atomic E-state index is 0.0902.